The lowest BCUT2D eigenvalue weighted by atomic mass is 10.2. The van der Waals surface area contributed by atoms with Crippen LogP contribution in [0.3, 0.4) is 0 Å². The topological polar surface area (TPSA) is 52.0 Å². The second-order valence-electron chi connectivity index (χ2n) is 4.93. The van der Waals surface area contributed by atoms with Gasteiger partial charge in [-0.1, -0.05) is 18.2 Å². The number of rotatable bonds is 8. The zero-order chi connectivity index (χ0) is 15.1. The van der Waals surface area contributed by atoms with Crippen molar-refractivity contribution < 1.29 is 9.13 Å². The first kappa shape index (κ1) is 15.4. The number of halogens is 1. The Hall–Kier alpha value is -1.95. The molecule has 2 rings (SSSR count). The monoisotopic (exact) mass is 292 g/mol. The molecule has 0 saturated carbocycles. The number of aromatic nitrogens is 3. The van der Waals surface area contributed by atoms with Crippen LogP contribution in [0.2, 0.25) is 0 Å². The van der Waals surface area contributed by atoms with E-state index in [1.54, 1.807) is 16.8 Å². The van der Waals surface area contributed by atoms with E-state index in [-0.39, 0.29) is 11.6 Å². The van der Waals surface area contributed by atoms with Crippen LogP contribution in [-0.2, 0) is 13.1 Å². The molecule has 1 heterocycles. The Morgan fingerprint density at radius 2 is 2.24 bits per heavy atom. The molecule has 0 aliphatic heterocycles. The number of ether oxygens (including phenoxy) is 1. The molecule has 21 heavy (non-hydrogen) atoms. The first-order valence-electron chi connectivity index (χ1n) is 7.17. The summed E-state index contributed by atoms with van der Waals surface area (Å²) >= 11 is 0. The summed E-state index contributed by atoms with van der Waals surface area (Å²) in [4.78, 5) is 0. The van der Waals surface area contributed by atoms with Gasteiger partial charge in [-0.15, -0.1) is 5.10 Å². The lowest BCUT2D eigenvalue weighted by molar-refractivity contribution is 0.276. The average molecular weight is 292 g/mol. The smallest absolute Gasteiger partial charge is 0.165 e. The number of benzene rings is 1. The van der Waals surface area contributed by atoms with Crippen LogP contribution < -0.4 is 10.1 Å². The molecule has 0 bridgehead atoms. The number of nitrogens with zero attached hydrogens (tertiary/aromatic N) is 3. The van der Waals surface area contributed by atoms with Crippen LogP contribution in [0.5, 0.6) is 5.75 Å². The molecule has 0 fully saturated rings. The number of hydrogen-bond donors (Lipinski definition) is 1. The van der Waals surface area contributed by atoms with Crippen LogP contribution >= 0.6 is 0 Å². The first-order valence-corrected chi connectivity index (χ1v) is 7.17. The van der Waals surface area contributed by atoms with Gasteiger partial charge in [-0.05, 0) is 37.6 Å². The highest BCUT2D eigenvalue weighted by Crippen LogP contribution is 2.18. The standard InChI is InChI=1S/C15H21FN4O/c1-3-6-17-10-13-11-20(19-18-13)7-8-21-15-9-12(2)4-5-14(15)16/h4-5,9,11,17H,3,6-8,10H2,1-2H3. The van der Waals surface area contributed by atoms with Crippen molar-refractivity contribution in [3.63, 3.8) is 0 Å². The highest BCUT2D eigenvalue weighted by molar-refractivity contribution is 5.29. The van der Waals surface area contributed by atoms with E-state index in [0.717, 1.165) is 24.2 Å². The van der Waals surface area contributed by atoms with E-state index < -0.39 is 0 Å². The molecule has 0 radical (unpaired) electrons. The van der Waals surface area contributed by atoms with Gasteiger partial charge in [0.05, 0.1) is 12.2 Å². The third kappa shape index (κ3) is 4.82. The molecule has 1 N–H and O–H groups in total. The van der Waals surface area contributed by atoms with E-state index >= 15 is 0 Å². The Balaban J connectivity index is 1.79. The second kappa shape index (κ2) is 7.73. The van der Waals surface area contributed by atoms with Gasteiger partial charge < -0.3 is 10.1 Å². The molecule has 2 aromatic rings. The van der Waals surface area contributed by atoms with E-state index in [4.69, 9.17) is 4.74 Å². The molecule has 5 nitrogen and oxygen atoms in total. The van der Waals surface area contributed by atoms with Gasteiger partial charge in [-0.25, -0.2) is 9.07 Å². The van der Waals surface area contributed by atoms with Crippen LogP contribution in [0.4, 0.5) is 4.39 Å². The minimum atomic E-state index is -0.344. The third-order valence-electron chi connectivity index (χ3n) is 2.98. The predicted molar refractivity (Wildman–Crippen MR) is 78.7 cm³/mol. The minimum Gasteiger partial charge on any atom is -0.489 e. The van der Waals surface area contributed by atoms with Crippen molar-refractivity contribution in [2.24, 2.45) is 0 Å². The van der Waals surface area contributed by atoms with Crippen LogP contribution in [0.25, 0.3) is 0 Å². The summed E-state index contributed by atoms with van der Waals surface area (Å²) in [5.41, 5.74) is 1.86. The quantitative estimate of drug-likeness (QED) is 0.759. The molecule has 0 saturated heterocycles. The van der Waals surface area contributed by atoms with Gasteiger partial charge >= 0.3 is 0 Å². The molecule has 6 heteroatoms. The molecule has 114 valence electrons. The molecular weight excluding hydrogens is 271 g/mol. The molecule has 0 aliphatic carbocycles. The molecule has 0 amide bonds. The Kier molecular flexibility index (Phi) is 5.68. The van der Waals surface area contributed by atoms with E-state index in [9.17, 15) is 4.39 Å². The lowest BCUT2D eigenvalue weighted by Gasteiger charge is -2.07. The summed E-state index contributed by atoms with van der Waals surface area (Å²) in [6, 6.07) is 4.82. The van der Waals surface area contributed by atoms with Gasteiger partial charge in [0.15, 0.2) is 11.6 Å². The zero-order valence-corrected chi connectivity index (χ0v) is 12.5. The summed E-state index contributed by atoms with van der Waals surface area (Å²) in [7, 11) is 0. The van der Waals surface area contributed by atoms with E-state index in [0.29, 0.717) is 19.7 Å². The van der Waals surface area contributed by atoms with Crippen LogP contribution in [-0.4, -0.2) is 28.1 Å². The highest BCUT2D eigenvalue weighted by Gasteiger charge is 2.04. The van der Waals surface area contributed by atoms with Crippen LogP contribution in [0.1, 0.15) is 24.6 Å². The second-order valence-corrected chi connectivity index (χ2v) is 4.93. The Bertz CT molecular complexity index is 571. The minimum absolute atomic E-state index is 0.278. The van der Waals surface area contributed by atoms with Crippen molar-refractivity contribution in [3.8, 4) is 5.75 Å². The zero-order valence-electron chi connectivity index (χ0n) is 12.5. The van der Waals surface area contributed by atoms with E-state index in [1.807, 2.05) is 13.1 Å². The van der Waals surface area contributed by atoms with Crippen molar-refractivity contribution in [1.82, 2.24) is 20.3 Å². The fourth-order valence-electron chi connectivity index (χ4n) is 1.89. The van der Waals surface area contributed by atoms with Gasteiger partial charge in [-0.3, -0.25) is 0 Å². The largest absolute Gasteiger partial charge is 0.489 e. The predicted octanol–water partition coefficient (Wildman–Crippen LogP) is 2.30. The molecule has 0 aliphatic rings. The SMILES string of the molecule is CCCNCc1cn(CCOc2cc(C)ccc2F)nn1. The fourth-order valence-corrected chi connectivity index (χ4v) is 1.89. The molecular formula is C15H21FN4O. The number of hydrogen-bond acceptors (Lipinski definition) is 4. The van der Waals surface area contributed by atoms with Gasteiger partial charge in [0.25, 0.3) is 0 Å². The van der Waals surface area contributed by atoms with Gasteiger partial charge in [0.2, 0.25) is 0 Å². The summed E-state index contributed by atoms with van der Waals surface area (Å²) in [5, 5.41) is 11.3. The van der Waals surface area contributed by atoms with E-state index in [1.165, 1.54) is 6.07 Å². The molecule has 1 aromatic heterocycles. The summed E-state index contributed by atoms with van der Waals surface area (Å²) < 4.78 is 20.7. The average Bonchev–Trinajstić information content (AvgIpc) is 2.91. The number of nitrogens with one attached hydrogen (secondary N) is 1. The summed E-state index contributed by atoms with van der Waals surface area (Å²) in [6.45, 7) is 6.58. The van der Waals surface area contributed by atoms with Crippen molar-refractivity contribution in [2.75, 3.05) is 13.2 Å². The highest BCUT2D eigenvalue weighted by atomic mass is 19.1. The molecule has 0 spiro atoms. The van der Waals surface area contributed by atoms with Crippen molar-refractivity contribution in [3.05, 3.63) is 41.5 Å². The summed E-state index contributed by atoms with van der Waals surface area (Å²) in [5.74, 6) is -0.0661. The molecule has 0 unspecified atom stereocenters. The fraction of sp³-hybridized carbons (Fsp3) is 0.467. The molecule has 1 aromatic carbocycles. The Labute approximate surface area is 124 Å². The third-order valence-corrected chi connectivity index (χ3v) is 2.98. The van der Waals surface area contributed by atoms with Crippen molar-refractivity contribution in [2.45, 2.75) is 33.4 Å². The first-order chi connectivity index (χ1) is 10.2. The lowest BCUT2D eigenvalue weighted by Crippen LogP contribution is -2.14. The van der Waals surface area contributed by atoms with Gasteiger partial charge in [0.1, 0.15) is 6.61 Å². The van der Waals surface area contributed by atoms with Crippen molar-refractivity contribution in [1.29, 1.82) is 0 Å². The van der Waals surface area contributed by atoms with Gasteiger partial charge in [0, 0.05) is 12.7 Å². The maximum atomic E-state index is 13.5. The Morgan fingerprint density at radius 1 is 1.38 bits per heavy atom. The summed E-state index contributed by atoms with van der Waals surface area (Å²) in [6.07, 6.45) is 2.96. The van der Waals surface area contributed by atoms with Gasteiger partial charge in [-0.2, -0.15) is 0 Å². The van der Waals surface area contributed by atoms with E-state index in [2.05, 4.69) is 22.6 Å². The maximum absolute atomic E-state index is 13.5. The Morgan fingerprint density at radius 3 is 3.05 bits per heavy atom. The maximum Gasteiger partial charge on any atom is 0.165 e. The normalized spacial score (nSPS) is 10.8. The molecule has 0 atom stereocenters. The van der Waals surface area contributed by atoms with Crippen LogP contribution in [0, 0.1) is 12.7 Å². The number of aryl methyl sites for hydroxylation is 1. The van der Waals surface area contributed by atoms with Crippen LogP contribution in [0.15, 0.2) is 24.4 Å². The van der Waals surface area contributed by atoms with Crippen molar-refractivity contribution >= 4 is 0 Å².